The molecule has 1 aromatic rings. The number of hydrogen-bond donors (Lipinski definition) is 1. The third kappa shape index (κ3) is 3.73. The minimum absolute atomic E-state index is 0.264. The SMILES string of the molecule is CCCN(CCCN)C(=O)c1c(F)ccc(C)c1F. The van der Waals surface area contributed by atoms with E-state index in [2.05, 4.69) is 0 Å². The van der Waals surface area contributed by atoms with Crippen molar-refractivity contribution in [3.8, 4) is 0 Å². The summed E-state index contributed by atoms with van der Waals surface area (Å²) in [6.45, 7) is 4.73. The normalized spacial score (nSPS) is 10.6. The van der Waals surface area contributed by atoms with Crippen molar-refractivity contribution < 1.29 is 13.6 Å². The Kier molecular flexibility index (Phi) is 5.89. The minimum atomic E-state index is -0.818. The van der Waals surface area contributed by atoms with Crippen molar-refractivity contribution in [2.45, 2.75) is 26.7 Å². The lowest BCUT2D eigenvalue weighted by Gasteiger charge is -2.22. The molecule has 0 heterocycles. The van der Waals surface area contributed by atoms with Gasteiger partial charge in [0.15, 0.2) is 0 Å². The molecule has 0 radical (unpaired) electrons. The number of carbonyl (C=O) groups is 1. The van der Waals surface area contributed by atoms with Gasteiger partial charge in [-0.3, -0.25) is 4.79 Å². The Morgan fingerprint density at radius 3 is 2.58 bits per heavy atom. The molecule has 0 bridgehead atoms. The van der Waals surface area contributed by atoms with Crippen LogP contribution in [0.3, 0.4) is 0 Å². The van der Waals surface area contributed by atoms with Crippen molar-refractivity contribution in [2.75, 3.05) is 19.6 Å². The zero-order valence-corrected chi connectivity index (χ0v) is 11.4. The Labute approximate surface area is 112 Å². The van der Waals surface area contributed by atoms with Crippen LogP contribution in [0.15, 0.2) is 12.1 Å². The Morgan fingerprint density at radius 2 is 2.00 bits per heavy atom. The van der Waals surface area contributed by atoms with E-state index in [4.69, 9.17) is 5.73 Å². The van der Waals surface area contributed by atoms with Crippen LogP contribution in [0.1, 0.15) is 35.7 Å². The van der Waals surface area contributed by atoms with Crippen molar-refractivity contribution in [1.82, 2.24) is 4.90 Å². The predicted molar refractivity (Wildman–Crippen MR) is 71.0 cm³/mol. The standard InChI is InChI=1S/C14H20F2N2O/c1-3-8-18(9-4-7-17)14(19)12-11(15)6-5-10(2)13(12)16/h5-6H,3-4,7-9,17H2,1-2H3. The van der Waals surface area contributed by atoms with E-state index in [1.165, 1.54) is 17.9 Å². The van der Waals surface area contributed by atoms with Crippen LogP contribution >= 0.6 is 0 Å². The highest BCUT2D eigenvalue weighted by atomic mass is 19.1. The second kappa shape index (κ2) is 7.19. The van der Waals surface area contributed by atoms with E-state index < -0.39 is 23.1 Å². The number of benzene rings is 1. The predicted octanol–water partition coefficient (Wildman–Crippen LogP) is 2.47. The first-order chi connectivity index (χ1) is 9.02. The lowest BCUT2D eigenvalue weighted by atomic mass is 10.1. The minimum Gasteiger partial charge on any atom is -0.338 e. The number of rotatable bonds is 6. The molecule has 2 N–H and O–H groups in total. The highest BCUT2D eigenvalue weighted by Gasteiger charge is 2.23. The summed E-state index contributed by atoms with van der Waals surface area (Å²) in [7, 11) is 0. The first-order valence-corrected chi connectivity index (χ1v) is 6.46. The molecule has 106 valence electrons. The number of amides is 1. The topological polar surface area (TPSA) is 46.3 Å². The molecule has 1 aromatic carbocycles. The summed E-state index contributed by atoms with van der Waals surface area (Å²) in [4.78, 5) is 13.7. The van der Waals surface area contributed by atoms with Gasteiger partial charge in [0.25, 0.3) is 5.91 Å². The van der Waals surface area contributed by atoms with E-state index in [9.17, 15) is 13.6 Å². The lowest BCUT2D eigenvalue weighted by molar-refractivity contribution is 0.0744. The zero-order chi connectivity index (χ0) is 14.4. The molecule has 0 saturated heterocycles. The summed E-state index contributed by atoms with van der Waals surface area (Å²) in [6.07, 6.45) is 1.34. The smallest absolute Gasteiger partial charge is 0.259 e. The van der Waals surface area contributed by atoms with E-state index in [0.717, 1.165) is 12.5 Å². The second-order valence-corrected chi connectivity index (χ2v) is 4.49. The van der Waals surface area contributed by atoms with E-state index >= 15 is 0 Å². The molecular weight excluding hydrogens is 250 g/mol. The van der Waals surface area contributed by atoms with Crippen LogP contribution in [0.25, 0.3) is 0 Å². The van der Waals surface area contributed by atoms with Gasteiger partial charge in [0.1, 0.15) is 17.2 Å². The summed E-state index contributed by atoms with van der Waals surface area (Å²) in [6, 6.07) is 2.45. The number of hydrogen-bond acceptors (Lipinski definition) is 2. The van der Waals surface area contributed by atoms with Gasteiger partial charge in [0.05, 0.1) is 0 Å². The summed E-state index contributed by atoms with van der Waals surface area (Å²) in [5, 5.41) is 0. The molecule has 0 aromatic heterocycles. The van der Waals surface area contributed by atoms with Gasteiger partial charge in [-0.1, -0.05) is 13.0 Å². The van der Waals surface area contributed by atoms with E-state index in [0.29, 0.717) is 26.1 Å². The van der Waals surface area contributed by atoms with E-state index in [1.54, 1.807) is 0 Å². The summed E-state index contributed by atoms with van der Waals surface area (Å²) >= 11 is 0. The number of halogens is 2. The van der Waals surface area contributed by atoms with E-state index in [-0.39, 0.29) is 5.56 Å². The highest BCUT2D eigenvalue weighted by Crippen LogP contribution is 2.18. The zero-order valence-electron chi connectivity index (χ0n) is 11.4. The highest BCUT2D eigenvalue weighted by molar-refractivity contribution is 5.95. The molecule has 0 saturated carbocycles. The molecule has 0 aliphatic carbocycles. The molecule has 0 aliphatic heterocycles. The van der Waals surface area contributed by atoms with Gasteiger partial charge in [0.2, 0.25) is 0 Å². The van der Waals surface area contributed by atoms with Crippen molar-refractivity contribution >= 4 is 5.91 Å². The molecule has 0 spiro atoms. The van der Waals surface area contributed by atoms with Crippen LogP contribution in [-0.4, -0.2) is 30.4 Å². The molecule has 0 fully saturated rings. The maximum absolute atomic E-state index is 13.9. The number of nitrogens with two attached hydrogens (primary N) is 1. The first kappa shape index (κ1) is 15.6. The van der Waals surface area contributed by atoms with E-state index in [1.807, 2.05) is 6.92 Å². The molecule has 3 nitrogen and oxygen atoms in total. The second-order valence-electron chi connectivity index (χ2n) is 4.49. The number of aryl methyl sites for hydroxylation is 1. The maximum Gasteiger partial charge on any atom is 0.259 e. The van der Waals surface area contributed by atoms with Gasteiger partial charge >= 0.3 is 0 Å². The van der Waals surface area contributed by atoms with Crippen molar-refractivity contribution in [3.05, 3.63) is 34.9 Å². The fraction of sp³-hybridized carbons (Fsp3) is 0.500. The Balaban J connectivity index is 3.05. The number of carbonyl (C=O) groups excluding carboxylic acids is 1. The molecule has 0 aliphatic rings. The Morgan fingerprint density at radius 1 is 1.32 bits per heavy atom. The fourth-order valence-corrected chi connectivity index (χ4v) is 1.88. The molecular formula is C14H20F2N2O. The third-order valence-electron chi connectivity index (χ3n) is 2.91. The quantitative estimate of drug-likeness (QED) is 0.863. The molecule has 1 rings (SSSR count). The molecule has 0 unspecified atom stereocenters. The first-order valence-electron chi connectivity index (χ1n) is 6.46. The van der Waals surface area contributed by atoms with Gasteiger partial charge in [-0.2, -0.15) is 0 Å². The summed E-state index contributed by atoms with van der Waals surface area (Å²) < 4.78 is 27.6. The Bertz CT molecular complexity index is 449. The van der Waals surface area contributed by atoms with Crippen molar-refractivity contribution in [3.63, 3.8) is 0 Å². The van der Waals surface area contributed by atoms with Crippen LogP contribution in [-0.2, 0) is 0 Å². The van der Waals surface area contributed by atoms with Crippen LogP contribution in [0, 0.1) is 18.6 Å². The average molecular weight is 270 g/mol. The van der Waals surface area contributed by atoms with Gasteiger partial charge in [-0.15, -0.1) is 0 Å². The van der Waals surface area contributed by atoms with Crippen molar-refractivity contribution in [1.29, 1.82) is 0 Å². The molecule has 19 heavy (non-hydrogen) atoms. The maximum atomic E-state index is 13.9. The van der Waals surface area contributed by atoms with Gasteiger partial charge in [-0.05, 0) is 37.9 Å². The summed E-state index contributed by atoms with van der Waals surface area (Å²) in [5.74, 6) is -2.20. The van der Waals surface area contributed by atoms with Crippen LogP contribution in [0.4, 0.5) is 8.78 Å². The monoisotopic (exact) mass is 270 g/mol. The van der Waals surface area contributed by atoms with Crippen LogP contribution < -0.4 is 5.73 Å². The van der Waals surface area contributed by atoms with Crippen molar-refractivity contribution in [2.24, 2.45) is 5.73 Å². The average Bonchev–Trinajstić information content (AvgIpc) is 2.39. The van der Waals surface area contributed by atoms with Crippen LogP contribution in [0.2, 0.25) is 0 Å². The fourth-order valence-electron chi connectivity index (χ4n) is 1.88. The third-order valence-corrected chi connectivity index (χ3v) is 2.91. The largest absolute Gasteiger partial charge is 0.338 e. The molecule has 1 amide bonds. The van der Waals surface area contributed by atoms with Gasteiger partial charge < -0.3 is 10.6 Å². The van der Waals surface area contributed by atoms with Crippen LogP contribution in [0.5, 0.6) is 0 Å². The van der Waals surface area contributed by atoms with Gasteiger partial charge in [-0.25, -0.2) is 8.78 Å². The van der Waals surface area contributed by atoms with Gasteiger partial charge in [0, 0.05) is 13.1 Å². The Hall–Kier alpha value is -1.49. The summed E-state index contributed by atoms with van der Waals surface area (Å²) in [5.41, 5.74) is 5.21. The molecule has 0 atom stereocenters. The number of nitrogens with zero attached hydrogens (tertiary/aromatic N) is 1. The lowest BCUT2D eigenvalue weighted by Crippen LogP contribution is -2.35. The molecule has 5 heteroatoms.